The van der Waals surface area contributed by atoms with Gasteiger partial charge in [0.15, 0.2) is 0 Å². The normalized spacial score (nSPS) is 10.1. The molecule has 0 spiro atoms. The minimum atomic E-state index is -0.553. The summed E-state index contributed by atoms with van der Waals surface area (Å²) in [5.41, 5.74) is 1.95. The standard InChI is InChI=1S/C18H16N4O2S/c1-13-12-16(25-21-13)22(17(23)19-14-8-4-2-5-9-14)18(24)20-15-10-6-3-7-11-15/h2-12H,1H3,(H,19,23)(H,20,24). The number of aromatic nitrogens is 1. The van der Waals surface area contributed by atoms with E-state index in [2.05, 4.69) is 15.0 Å². The van der Waals surface area contributed by atoms with Crippen molar-refractivity contribution in [3.8, 4) is 0 Å². The lowest BCUT2D eigenvalue weighted by atomic mass is 10.3. The molecule has 0 saturated carbocycles. The number of anilines is 3. The van der Waals surface area contributed by atoms with Crippen molar-refractivity contribution < 1.29 is 9.59 Å². The van der Waals surface area contributed by atoms with E-state index in [1.54, 1.807) is 54.6 Å². The molecule has 1 heterocycles. The fourth-order valence-electron chi connectivity index (χ4n) is 2.15. The van der Waals surface area contributed by atoms with E-state index in [9.17, 15) is 9.59 Å². The monoisotopic (exact) mass is 352 g/mol. The molecule has 1 aromatic heterocycles. The molecule has 0 fully saturated rings. The molecule has 0 aliphatic rings. The first-order chi connectivity index (χ1) is 12.1. The molecule has 0 saturated heterocycles. The Labute approximate surface area is 149 Å². The van der Waals surface area contributed by atoms with Crippen molar-refractivity contribution >= 4 is 40.0 Å². The van der Waals surface area contributed by atoms with E-state index in [0.717, 1.165) is 22.1 Å². The van der Waals surface area contributed by atoms with Gasteiger partial charge < -0.3 is 10.6 Å². The highest BCUT2D eigenvalue weighted by atomic mass is 32.1. The van der Waals surface area contributed by atoms with Crippen molar-refractivity contribution in [1.29, 1.82) is 0 Å². The summed E-state index contributed by atoms with van der Waals surface area (Å²) >= 11 is 1.09. The van der Waals surface area contributed by atoms with Gasteiger partial charge in [0, 0.05) is 11.4 Å². The average molecular weight is 352 g/mol. The van der Waals surface area contributed by atoms with E-state index in [1.165, 1.54) is 0 Å². The Bertz CT molecular complexity index is 812. The predicted octanol–water partition coefficient (Wildman–Crippen LogP) is 4.72. The molecular weight excluding hydrogens is 336 g/mol. The maximum Gasteiger partial charge on any atom is 0.335 e. The minimum Gasteiger partial charge on any atom is -0.307 e. The van der Waals surface area contributed by atoms with Gasteiger partial charge in [-0.15, -0.1) is 0 Å². The number of para-hydroxylation sites is 2. The van der Waals surface area contributed by atoms with Crippen molar-refractivity contribution in [2.24, 2.45) is 0 Å². The highest BCUT2D eigenvalue weighted by Crippen LogP contribution is 2.23. The Kier molecular flexibility index (Phi) is 5.06. The summed E-state index contributed by atoms with van der Waals surface area (Å²) in [5, 5.41) is 5.89. The molecule has 25 heavy (non-hydrogen) atoms. The first-order valence-corrected chi connectivity index (χ1v) is 8.36. The van der Waals surface area contributed by atoms with Gasteiger partial charge in [0.1, 0.15) is 5.00 Å². The fourth-order valence-corrected chi connectivity index (χ4v) is 2.91. The summed E-state index contributed by atoms with van der Waals surface area (Å²) in [6.45, 7) is 1.81. The lowest BCUT2D eigenvalue weighted by Gasteiger charge is -2.20. The molecule has 0 unspecified atom stereocenters. The number of amides is 4. The molecule has 2 N–H and O–H groups in total. The molecule has 0 aliphatic heterocycles. The van der Waals surface area contributed by atoms with Gasteiger partial charge in [-0.25, -0.2) is 14.5 Å². The van der Waals surface area contributed by atoms with E-state index in [1.807, 2.05) is 19.1 Å². The van der Waals surface area contributed by atoms with Gasteiger partial charge in [0.05, 0.1) is 5.69 Å². The van der Waals surface area contributed by atoms with Crippen LogP contribution in [0.3, 0.4) is 0 Å². The van der Waals surface area contributed by atoms with Crippen LogP contribution in [0.1, 0.15) is 5.69 Å². The number of carbonyl (C=O) groups excluding carboxylic acids is 2. The number of nitrogens with zero attached hydrogens (tertiary/aromatic N) is 2. The van der Waals surface area contributed by atoms with Gasteiger partial charge in [0.25, 0.3) is 0 Å². The van der Waals surface area contributed by atoms with Crippen LogP contribution in [-0.4, -0.2) is 16.4 Å². The van der Waals surface area contributed by atoms with Gasteiger partial charge in [0.2, 0.25) is 0 Å². The molecule has 3 aromatic rings. The van der Waals surface area contributed by atoms with Gasteiger partial charge in [-0.2, -0.15) is 4.37 Å². The summed E-state index contributed by atoms with van der Waals surface area (Å²) in [7, 11) is 0. The summed E-state index contributed by atoms with van der Waals surface area (Å²) < 4.78 is 4.16. The van der Waals surface area contributed by atoms with Crippen molar-refractivity contribution in [2.75, 3.05) is 15.5 Å². The second-order valence-electron chi connectivity index (χ2n) is 5.23. The first kappa shape index (κ1) is 16.7. The smallest absolute Gasteiger partial charge is 0.307 e. The van der Waals surface area contributed by atoms with E-state index in [0.29, 0.717) is 16.4 Å². The number of urea groups is 2. The zero-order chi connectivity index (χ0) is 17.6. The SMILES string of the molecule is Cc1cc(N(C(=O)Nc2ccccc2)C(=O)Nc2ccccc2)sn1. The third kappa shape index (κ3) is 4.21. The maximum atomic E-state index is 12.7. The Morgan fingerprint density at radius 2 is 1.36 bits per heavy atom. The minimum absolute atomic E-state index is 0.444. The van der Waals surface area contributed by atoms with Crippen LogP contribution >= 0.6 is 11.5 Å². The lowest BCUT2D eigenvalue weighted by molar-refractivity contribution is 0.246. The molecule has 6 nitrogen and oxygen atoms in total. The van der Waals surface area contributed by atoms with E-state index < -0.39 is 12.1 Å². The number of hydrogen-bond donors (Lipinski definition) is 2. The zero-order valence-electron chi connectivity index (χ0n) is 13.5. The molecule has 0 bridgehead atoms. The van der Waals surface area contributed by atoms with Crippen molar-refractivity contribution in [3.05, 3.63) is 72.4 Å². The van der Waals surface area contributed by atoms with E-state index >= 15 is 0 Å². The van der Waals surface area contributed by atoms with Gasteiger partial charge in [-0.3, -0.25) is 0 Å². The second-order valence-corrected chi connectivity index (χ2v) is 6.02. The number of nitrogens with one attached hydrogen (secondary N) is 2. The quantitative estimate of drug-likeness (QED) is 0.716. The molecule has 3 rings (SSSR count). The lowest BCUT2D eigenvalue weighted by Crippen LogP contribution is -2.42. The number of carbonyl (C=O) groups is 2. The molecule has 2 aromatic carbocycles. The van der Waals surface area contributed by atoms with Crippen molar-refractivity contribution in [3.63, 3.8) is 0 Å². The van der Waals surface area contributed by atoms with Crippen LogP contribution in [0.2, 0.25) is 0 Å². The Hall–Kier alpha value is -3.19. The zero-order valence-corrected chi connectivity index (χ0v) is 14.3. The number of aryl methyl sites for hydroxylation is 1. The molecule has 0 aliphatic carbocycles. The van der Waals surface area contributed by atoms with Gasteiger partial charge in [-0.05, 0) is 48.8 Å². The predicted molar refractivity (Wildman–Crippen MR) is 100 cm³/mol. The molecule has 0 atom stereocenters. The van der Waals surface area contributed by atoms with Crippen LogP contribution in [0.15, 0.2) is 66.7 Å². The first-order valence-electron chi connectivity index (χ1n) is 7.59. The number of imide groups is 1. The van der Waals surface area contributed by atoms with E-state index in [-0.39, 0.29) is 0 Å². The Morgan fingerprint density at radius 1 is 0.880 bits per heavy atom. The van der Waals surface area contributed by atoms with Crippen LogP contribution < -0.4 is 15.5 Å². The fraction of sp³-hybridized carbons (Fsp3) is 0.0556. The highest BCUT2D eigenvalue weighted by molar-refractivity contribution is 7.10. The van der Waals surface area contributed by atoms with Gasteiger partial charge >= 0.3 is 12.1 Å². The molecule has 4 amide bonds. The van der Waals surface area contributed by atoms with Crippen LogP contribution in [0.5, 0.6) is 0 Å². The van der Waals surface area contributed by atoms with Crippen LogP contribution in [0.25, 0.3) is 0 Å². The summed E-state index contributed by atoms with van der Waals surface area (Å²) in [6, 6.07) is 18.5. The summed E-state index contributed by atoms with van der Waals surface area (Å²) in [4.78, 5) is 26.4. The van der Waals surface area contributed by atoms with Crippen molar-refractivity contribution in [2.45, 2.75) is 6.92 Å². The average Bonchev–Trinajstić information content (AvgIpc) is 3.02. The second kappa shape index (κ2) is 7.59. The molecular formula is C18H16N4O2S. The van der Waals surface area contributed by atoms with Crippen LogP contribution in [0.4, 0.5) is 26.0 Å². The van der Waals surface area contributed by atoms with E-state index in [4.69, 9.17) is 0 Å². The number of benzene rings is 2. The van der Waals surface area contributed by atoms with Crippen molar-refractivity contribution in [1.82, 2.24) is 4.37 Å². The molecule has 126 valence electrons. The number of rotatable bonds is 3. The summed E-state index contributed by atoms with van der Waals surface area (Å²) in [6.07, 6.45) is 0. The third-order valence-corrected chi connectivity index (χ3v) is 4.16. The maximum absolute atomic E-state index is 12.7. The Balaban J connectivity index is 1.84. The third-order valence-electron chi connectivity index (χ3n) is 3.29. The number of hydrogen-bond acceptors (Lipinski definition) is 4. The van der Waals surface area contributed by atoms with Gasteiger partial charge in [-0.1, -0.05) is 36.4 Å². The van der Waals surface area contributed by atoms with Crippen LogP contribution in [-0.2, 0) is 0 Å². The highest BCUT2D eigenvalue weighted by Gasteiger charge is 2.25. The molecule has 7 heteroatoms. The molecule has 0 radical (unpaired) electrons. The topological polar surface area (TPSA) is 74.3 Å². The Morgan fingerprint density at radius 3 is 1.76 bits per heavy atom. The van der Waals surface area contributed by atoms with Crippen LogP contribution in [0, 0.1) is 6.92 Å². The largest absolute Gasteiger partial charge is 0.335 e. The summed E-state index contributed by atoms with van der Waals surface area (Å²) in [5.74, 6) is 0.